The van der Waals surface area contributed by atoms with E-state index in [4.69, 9.17) is 22.1 Å². The molecule has 2 N–H and O–H groups in total. The SMILES string of the molecule is CN1C(=O)C2(CC3(CCC3)Oc3ccc(-c4cc(F)cc(Cl)c4)cc32)N=C1N. The summed E-state index contributed by atoms with van der Waals surface area (Å²) >= 11 is 6.03. The summed E-state index contributed by atoms with van der Waals surface area (Å²) in [5.41, 5.74) is 6.58. The Labute approximate surface area is 166 Å². The molecule has 1 fully saturated rings. The van der Waals surface area contributed by atoms with Crippen LogP contribution in [0.5, 0.6) is 5.75 Å². The molecule has 2 aliphatic heterocycles. The van der Waals surface area contributed by atoms with E-state index in [1.807, 2.05) is 18.2 Å². The Morgan fingerprint density at radius 2 is 2.00 bits per heavy atom. The second-order valence-corrected chi connectivity index (χ2v) is 8.32. The minimum absolute atomic E-state index is 0.157. The predicted octanol–water partition coefficient (Wildman–Crippen LogP) is 3.83. The smallest absolute Gasteiger partial charge is 0.261 e. The molecule has 0 aromatic heterocycles. The van der Waals surface area contributed by atoms with Gasteiger partial charge in [0.1, 0.15) is 17.2 Å². The summed E-state index contributed by atoms with van der Waals surface area (Å²) in [5, 5.41) is 0.311. The Morgan fingerprint density at radius 1 is 1.21 bits per heavy atom. The third-order valence-corrected chi connectivity index (χ3v) is 6.32. The van der Waals surface area contributed by atoms with Gasteiger partial charge in [0, 0.05) is 24.1 Å². The third kappa shape index (κ3) is 2.37. The van der Waals surface area contributed by atoms with Gasteiger partial charge in [-0.05, 0) is 60.7 Å². The van der Waals surface area contributed by atoms with Gasteiger partial charge >= 0.3 is 0 Å². The van der Waals surface area contributed by atoms with E-state index in [0.717, 1.165) is 24.8 Å². The van der Waals surface area contributed by atoms with Crippen molar-refractivity contribution in [3.63, 3.8) is 0 Å². The quantitative estimate of drug-likeness (QED) is 0.792. The van der Waals surface area contributed by atoms with Gasteiger partial charge in [0.05, 0.1) is 0 Å². The van der Waals surface area contributed by atoms with Gasteiger partial charge in [0.15, 0.2) is 11.5 Å². The first-order valence-electron chi connectivity index (χ1n) is 9.25. The Balaban J connectivity index is 1.70. The normalized spacial score (nSPS) is 24.8. The molecule has 3 aliphatic rings. The van der Waals surface area contributed by atoms with Crippen LogP contribution in [0.15, 0.2) is 41.4 Å². The lowest BCUT2D eigenvalue weighted by Gasteiger charge is -2.50. The van der Waals surface area contributed by atoms with Crippen molar-refractivity contribution in [1.82, 2.24) is 4.90 Å². The maximum atomic E-state index is 13.9. The van der Waals surface area contributed by atoms with Crippen molar-refractivity contribution in [3.8, 4) is 16.9 Å². The number of amides is 1. The zero-order valence-corrected chi connectivity index (χ0v) is 16.1. The van der Waals surface area contributed by atoms with Gasteiger partial charge in [-0.1, -0.05) is 17.7 Å². The van der Waals surface area contributed by atoms with E-state index in [1.165, 1.54) is 17.0 Å². The number of hydrogen-bond acceptors (Lipinski definition) is 4. The van der Waals surface area contributed by atoms with E-state index < -0.39 is 11.4 Å². The lowest BCUT2D eigenvalue weighted by Crippen LogP contribution is -2.54. The molecule has 1 aliphatic carbocycles. The second-order valence-electron chi connectivity index (χ2n) is 7.88. The average Bonchev–Trinajstić information content (AvgIpc) is 2.83. The Morgan fingerprint density at radius 3 is 2.61 bits per heavy atom. The number of halogens is 2. The fourth-order valence-corrected chi connectivity index (χ4v) is 4.74. The number of hydrogen-bond donors (Lipinski definition) is 1. The van der Waals surface area contributed by atoms with Crippen molar-refractivity contribution in [2.45, 2.75) is 36.8 Å². The first kappa shape index (κ1) is 17.5. The summed E-state index contributed by atoms with van der Waals surface area (Å²) in [6.07, 6.45) is 3.31. The van der Waals surface area contributed by atoms with Gasteiger partial charge in [0.2, 0.25) is 0 Å². The van der Waals surface area contributed by atoms with Crippen molar-refractivity contribution in [3.05, 3.63) is 52.8 Å². The molecule has 0 bridgehead atoms. The molecule has 1 amide bonds. The molecule has 2 aromatic carbocycles. The van der Waals surface area contributed by atoms with E-state index in [0.29, 0.717) is 28.3 Å². The van der Waals surface area contributed by atoms with E-state index in [9.17, 15) is 9.18 Å². The van der Waals surface area contributed by atoms with Gasteiger partial charge in [-0.3, -0.25) is 9.69 Å². The molecular formula is C21H19ClFN3O2. The zero-order chi connectivity index (χ0) is 19.7. The number of benzene rings is 2. The first-order valence-corrected chi connectivity index (χ1v) is 9.63. The lowest BCUT2D eigenvalue weighted by atomic mass is 9.67. The predicted molar refractivity (Wildman–Crippen MR) is 105 cm³/mol. The number of rotatable bonds is 1. The van der Waals surface area contributed by atoms with Crippen molar-refractivity contribution < 1.29 is 13.9 Å². The molecule has 28 heavy (non-hydrogen) atoms. The molecule has 1 atom stereocenters. The molecule has 0 saturated heterocycles. The van der Waals surface area contributed by atoms with Crippen molar-refractivity contribution in [2.75, 3.05) is 7.05 Å². The fourth-order valence-electron chi connectivity index (χ4n) is 4.51. The number of nitrogens with zero attached hydrogens (tertiary/aromatic N) is 2. The molecule has 1 saturated carbocycles. The van der Waals surface area contributed by atoms with Crippen LogP contribution in [0.3, 0.4) is 0 Å². The standard InChI is InChI=1S/C21H19ClFN3O2/c1-26-18(27)21(25-19(26)24)11-20(5-2-6-20)28-17-4-3-12(9-16(17)21)13-7-14(22)10-15(23)8-13/h3-4,7-10H,2,5-6,11H2,1H3,(H2,24,25). The maximum absolute atomic E-state index is 13.9. The molecule has 0 radical (unpaired) electrons. The Kier molecular flexibility index (Phi) is 3.56. The number of carbonyl (C=O) groups is 1. The molecule has 1 unspecified atom stereocenters. The highest BCUT2D eigenvalue weighted by Crippen LogP contribution is 2.55. The van der Waals surface area contributed by atoms with Crippen LogP contribution in [0, 0.1) is 5.82 Å². The van der Waals surface area contributed by atoms with Crippen LogP contribution >= 0.6 is 11.6 Å². The van der Waals surface area contributed by atoms with Crippen LogP contribution in [0.2, 0.25) is 5.02 Å². The zero-order valence-electron chi connectivity index (χ0n) is 15.3. The molecule has 2 spiro atoms. The van der Waals surface area contributed by atoms with Crippen LogP contribution in [0.1, 0.15) is 31.2 Å². The topological polar surface area (TPSA) is 67.9 Å². The number of nitrogens with two attached hydrogens (primary N) is 1. The number of fused-ring (bicyclic) bond motifs is 2. The summed E-state index contributed by atoms with van der Waals surface area (Å²) < 4.78 is 20.2. The van der Waals surface area contributed by atoms with E-state index >= 15 is 0 Å². The molecule has 2 aromatic rings. The van der Waals surface area contributed by atoms with Crippen molar-refractivity contribution in [1.29, 1.82) is 0 Å². The summed E-state index contributed by atoms with van der Waals surface area (Å²) in [4.78, 5) is 19.3. The summed E-state index contributed by atoms with van der Waals surface area (Å²) in [6.45, 7) is 0. The highest BCUT2D eigenvalue weighted by molar-refractivity contribution is 6.30. The molecule has 5 nitrogen and oxygen atoms in total. The van der Waals surface area contributed by atoms with Crippen LogP contribution in [-0.4, -0.2) is 29.4 Å². The van der Waals surface area contributed by atoms with E-state index in [1.54, 1.807) is 13.1 Å². The van der Waals surface area contributed by atoms with E-state index in [-0.39, 0.29) is 17.5 Å². The largest absolute Gasteiger partial charge is 0.487 e. The summed E-state index contributed by atoms with van der Waals surface area (Å²) in [6, 6.07) is 9.90. The van der Waals surface area contributed by atoms with Gasteiger partial charge in [0.25, 0.3) is 5.91 Å². The van der Waals surface area contributed by atoms with Crippen LogP contribution < -0.4 is 10.5 Å². The minimum atomic E-state index is -1.10. The fraction of sp³-hybridized carbons (Fsp3) is 0.333. The third-order valence-electron chi connectivity index (χ3n) is 6.10. The van der Waals surface area contributed by atoms with Crippen LogP contribution in [-0.2, 0) is 10.3 Å². The number of aliphatic imine (C=N–C) groups is 1. The Bertz CT molecular complexity index is 1030. The van der Waals surface area contributed by atoms with Crippen LogP contribution in [0.4, 0.5) is 4.39 Å². The monoisotopic (exact) mass is 399 g/mol. The molecule has 5 rings (SSSR count). The van der Waals surface area contributed by atoms with Gasteiger partial charge in [-0.15, -0.1) is 0 Å². The summed E-state index contributed by atoms with van der Waals surface area (Å²) in [7, 11) is 1.63. The van der Waals surface area contributed by atoms with Gasteiger partial charge in [-0.25, -0.2) is 9.38 Å². The van der Waals surface area contributed by atoms with Crippen molar-refractivity contribution >= 4 is 23.5 Å². The summed E-state index contributed by atoms with van der Waals surface area (Å²) in [5.74, 6) is 0.262. The number of ether oxygens (including phenoxy) is 1. The number of carbonyl (C=O) groups excluding carboxylic acids is 1. The minimum Gasteiger partial charge on any atom is -0.487 e. The number of likely N-dealkylation sites (N-methyl/N-ethyl adjacent to an activating group) is 1. The average molecular weight is 400 g/mol. The van der Waals surface area contributed by atoms with Crippen LogP contribution in [0.25, 0.3) is 11.1 Å². The molecule has 2 heterocycles. The van der Waals surface area contributed by atoms with Gasteiger partial charge in [-0.2, -0.15) is 0 Å². The lowest BCUT2D eigenvalue weighted by molar-refractivity contribution is -0.136. The second kappa shape index (κ2) is 5.70. The number of guanidine groups is 1. The van der Waals surface area contributed by atoms with E-state index in [2.05, 4.69) is 4.99 Å². The van der Waals surface area contributed by atoms with Crippen molar-refractivity contribution in [2.24, 2.45) is 10.7 Å². The molecule has 144 valence electrons. The highest BCUT2D eigenvalue weighted by atomic mass is 35.5. The Hall–Kier alpha value is -2.60. The first-order chi connectivity index (χ1) is 13.3. The molecule has 7 heteroatoms. The van der Waals surface area contributed by atoms with Gasteiger partial charge < -0.3 is 10.5 Å². The highest BCUT2D eigenvalue weighted by Gasteiger charge is 2.59. The molecular weight excluding hydrogens is 381 g/mol. The maximum Gasteiger partial charge on any atom is 0.261 e.